The number of nitrogens with two attached hydrogens (primary N) is 1. The maximum Gasteiger partial charge on any atom is 0.257 e. The molecule has 1 aromatic carbocycles. The highest BCUT2D eigenvalue weighted by Gasteiger charge is 2.35. The van der Waals surface area contributed by atoms with E-state index in [4.69, 9.17) is 10.5 Å². The minimum absolute atomic E-state index is 0.0136. The number of carbonyl (C=O) groups is 1. The summed E-state index contributed by atoms with van der Waals surface area (Å²) in [5.41, 5.74) is 8.36. The van der Waals surface area contributed by atoms with Crippen LogP contribution in [0.1, 0.15) is 12.0 Å². The Morgan fingerprint density at radius 2 is 2.19 bits per heavy atom. The van der Waals surface area contributed by atoms with Gasteiger partial charge < -0.3 is 15.4 Å². The molecule has 3 rings (SSSR count). The standard InChI is InChI=1S/C14H18N2O4S/c15-11-4-1-5-12-10(11)3-2-6-16(12)14(17)13-9-21(18,19)8-7-20-13/h1,4-5,13H,2-3,6-9,15H2. The average molecular weight is 310 g/mol. The number of sulfone groups is 1. The molecule has 2 aliphatic rings. The summed E-state index contributed by atoms with van der Waals surface area (Å²) in [4.78, 5) is 14.2. The monoisotopic (exact) mass is 310 g/mol. The Balaban J connectivity index is 1.88. The zero-order valence-corrected chi connectivity index (χ0v) is 12.4. The van der Waals surface area contributed by atoms with Crippen molar-refractivity contribution in [3.63, 3.8) is 0 Å². The Bertz CT molecular complexity index is 672. The number of hydrogen-bond acceptors (Lipinski definition) is 5. The molecule has 0 aromatic heterocycles. The highest BCUT2D eigenvalue weighted by Crippen LogP contribution is 2.32. The Labute approximate surface area is 123 Å². The first-order valence-corrected chi connectivity index (χ1v) is 8.81. The second-order valence-electron chi connectivity index (χ2n) is 5.41. The van der Waals surface area contributed by atoms with E-state index in [1.807, 2.05) is 12.1 Å². The molecule has 1 unspecified atom stereocenters. The molecule has 0 saturated carbocycles. The van der Waals surface area contributed by atoms with Crippen molar-refractivity contribution < 1.29 is 17.9 Å². The van der Waals surface area contributed by atoms with Crippen molar-refractivity contribution in [3.8, 4) is 0 Å². The fourth-order valence-corrected chi connectivity index (χ4v) is 4.09. The van der Waals surface area contributed by atoms with Crippen molar-refractivity contribution >= 4 is 27.1 Å². The third-order valence-corrected chi connectivity index (χ3v) is 5.55. The van der Waals surface area contributed by atoms with Crippen LogP contribution in [0.15, 0.2) is 18.2 Å². The summed E-state index contributed by atoms with van der Waals surface area (Å²) >= 11 is 0. The van der Waals surface area contributed by atoms with E-state index in [1.165, 1.54) is 0 Å². The van der Waals surface area contributed by atoms with Crippen molar-refractivity contribution in [3.05, 3.63) is 23.8 Å². The van der Waals surface area contributed by atoms with Gasteiger partial charge in [0.05, 0.1) is 18.1 Å². The average Bonchev–Trinajstić information content (AvgIpc) is 2.45. The van der Waals surface area contributed by atoms with Gasteiger partial charge >= 0.3 is 0 Å². The van der Waals surface area contributed by atoms with Crippen LogP contribution in [-0.4, -0.2) is 45.1 Å². The Hall–Kier alpha value is -1.60. The molecule has 21 heavy (non-hydrogen) atoms. The zero-order chi connectivity index (χ0) is 15.0. The van der Waals surface area contributed by atoms with E-state index in [1.54, 1.807) is 11.0 Å². The molecule has 7 heteroatoms. The number of carbonyl (C=O) groups excluding carboxylic acids is 1. The predicted molar refractivity (Wildman–Crippen MR) is 79.9 cm³/mol. The van der Waals surface area contributed by atoms with Gasteiger partial charge in [-0.2, -0.15) is 0 Å². The van der Waals surface area contributed by atoms with Crippen LogP contribution in [0, 0.1) is 0 Å². The molecule has 2 N–H and O–H groups in total. The van der Waals surface area contributed by atoms with Gasteiger partial charge in [-0.1, -0.05) is 6.07 Å². The van der Waals surface area contributed by atoms with E-state index in [0.29, 0.717) is 12.2 Å². The molecule has 0 aliphatic carbocycles. The van der Waals surface area contributed by atoms with Gasteiger partial charge in [0, 0.05) is 17.9 Å². The smallest absolute Gasteiger partial charge is 0.257 e. The number of hydrogen-bond donors (Lipinski definition) is 1. The van der Waals surface area contributed by atoms with Crippen LogP contribution in [-0.2, 0) is 25.8 Å². The van der Waals surface area contributed by atoms with E-state index < -0.39 is 15.9 Å². The van der Waals surface area contributed by atoms with E-state index in [-0.39, 0.29) is 24.0 Å². The molecule has 0 bridgehead atoms. The number of amides is 1. The van der Waals surface area contributed by atoms with Crippen LogP contribution < -0.4 is 10.6 Å². The minimum Gasteiger partial charge on any atom is -0.398 e. The van der Waals surface area contributed by atoms with Crippen molar-refractivity contribution in [1.29, 1.82) is 0 Å². The topological polar surface area (TPSA) is 89.7 Å². The maximum absolute atomic E-state index is 12.6. The molecule has 1 saturated heterocycles. The molecule has 6 nitrogen and oxygen atoms in total. The summed E-state index contributed by atoms with van der Waals surface area (Å²) in [7, 11) is -3.20. The fraction of sp³-hybridized carbons (Fsp3) is 0.500. The Kier molecular flexibility index (Phi) is 3.62. The summed E-state index contributed by atoms with van der Waals surface area (Å²) in [6, 6.07) is 5.46. The lowest BCUT2D eigenvalue weighted by molar-refractivity contribution is -0.128. The maximum atomic E-state index is 12.6. The number of anilines is 2. The first-order valence-electron chi connectivity index (χ1n) is 6.99. The largest absolute Gasteiger partial charge is 0.398 e. The van der Waals surface area contributed by atoms with Gasteiger partial charge in [-0.15, -0.1) is 0 Å². The van der Waals surface area contributed by atoms with Crippen LogP contribution in [0.5, 0.6) is 0 Å². The van der Waals surface area contributed by atoms with Gasteiger partial charge in [-0.25, -0.2) is 8.42 Å². The van der Waals surface area contributed by atoms with Crippen LogP contribution in [0.2, 0.25) is 0 Å². The third kappa shape index (κ3) is 2.75. The molecule has 0 radical (unpaired) electrons. The summed E-state index contributed by atoms with van der Waals surface area (Å²) in [6.07, 6.45) is 0.735. The number of rotatable bonds is 1. The van der Waals surface area contributed by atoms with Crippen molar-refractivity contribution in [2.45, 2.75) is 18.9 Å². The van der Waals surface area contributed by atoms with Crippen LogP contribution in [0.25, 0.3) is 0 Å². The lowest BCUT2D eigenvalue weighted by Gasteiger charge is -2.33. The van der Waals surface area contributed by atoms with Gasteiger partial charge in [-0.05, 0) is 30.5 Å². The van der Waals surface area contributed by atoms with Gasteiger partial charge in [0.2, 0.25) is 0 Å². The molecular weight excluding hydrogens is 292 g/mol. The molecule has 2 aliphatic heterocycles. The van der Waals surface area contributed by atoms with E-state index in [2.05, 4.69) is 0 Å². The van der Waals surface area contributed by atoms with Crippen molar-refractivity contribution in [2.75, 3.05) is 35.3 Å². The molecule has 2 heterocycles. The Morgan fingerprint density at radius 3 is 2.95 bits per heavy atom. The van der Waals surface area contributed by atoms with Gasteiger partial charge in [0.25, 0.3) is 5.91 Å². The quantitative estimate of drug-likeness (QED) is 0.757. The summed E-state index contributed by atoms with van der Waals surface area (Å²) < 4.78 is 28.7. The first-order chi connectivity index (χ1) is 9.98. The van der Waals surface area contributed by atoms with Crippen molar-refractivity contribution in [2.24, 2.45) is 0 Å². The second kappa shape index (κ2) is 5.31. The molecule has 114 valence electrons. The molecule has 0 spiro atoms. The molecule has 1 atom stereocenters. The number of fused-ring (bicyclic) bond motifs is 1. The first kappa shape index (κ1) is 14.3. The molecular formula is C14H18N2O4S. The van der Waals surface area contributed by atoms with E-state index in [9.17, 15) is 13.2 Å². The van der Waals surface area contributed by atoms with Gasteiger partial charge in [0.15, 0.2) is 15.9 Å². The minimum atomic E-state index is -3.20. The lowest BCUT2D eigenvalue weighted by Crippen LogP contribution is -2.49. The normalized spacial score (nSPS) is 24.4. The third-order valence-electron chi connectivity index (χ3n) is 3.95. The summed E-state index contributed by atoms with van der Waals surface area (Å²) in [6.45, 7) is 0.644. The molecule has 1 fully saturated rings. The lowest BCUT2D eigenvalue weighted by atomic mass is 9.99. The van der Waals surface area contributed by atoms with Crippen LogP contribution in [0.3, 0.4) is 0 Å². The highest BCUT2D eigenvalue weighted by molar-refractivity contribution is 7.91. The number of nitrogens with zero attached hydrogens (tertiary/aromatic N) is 1. The van der Waals surface area contributed by atoms with Crippen LogP contribution in [0.4, 0.5) is 11.4 Å². The summed E-state index contributed by atoms with van der Waals surface area (Å²) in [5, 5.41) is 0. The molecule has 1 aromatic rings. The number of benzene rings is 1. The molecule has 1 amide bonds. The van der Waals surface area contributed by atoms with Gasteiger partial charge in [0.1, 0.15) is 0 Å². The van der Waals surface area contributed by atoms with E-state index >= 15 is 0 Å². The summed E-state index contributed by atoms with van der Waals surface area (Å²) in [5.74, 6) is -0.537. The number of ether oxygens (including phenoxy) is 1. The highest BCUT2D eigenvalue weighted by atomic mass is 32.2. The van der Waals surface area contributed by atoms with Crippen LogP contribution >= 0.6 is 0 Å². The fourth-order valence-electron chi connectivity index (χ4n) is 2.88. The predicted octanol–water partition coefficient (Wildman–Crippen LogP) is 0.362. The zero-order valence-electron chi connectivity index (χ0n) is 11.6. The Morgan fingerprint density at radius 1 is 1.38 bits per heavy atom. The number of nitrogen functional groups attached to an aromatic ring is 1. The SMILES string of the molecule is Nc1cccc2c1CCCN2C(=O)C1CS(=O)(=O)CCO1. The van der Waals surface area contributed by atoms with Crippen molar-refractivity contribution in [1.82, 2.24) is 0 Å². The van der Waals surface area contributed by atoms with E-state index in [0.717, 1.165) is 24.1 Å². The second-order valence-corrected chi connectivity index (χ2v) is 7.64. The van der Waals surface area contributed by atoms with Gasteiger partial charge in [-0.3, -0.25) is 4.79 Å².